The molecule has 0 unspecified atom stereocenters. The van der Waals surface area contributed by atoms with E-state index in [-0.39, 0.29) is 27.9 Å². The van der Waals surface area contributed by atoms with Gasteiger partial charge in [-0.3, -0.25) is 4.79 Å². The lowest BCUT2D eigenvalue weighted by Crippen LogP contribution is -2.60. The number of fused-ring (bicyclic) bond motifs is 2. The number of ether oxygens (including phenoxy) is 4. The summed E-state index contributed by atoms with van der Waals surface area (Å²) in [5, 5.41) is 42.0. The molecule has 4 rings (SSSR count). The molecule has 10 heteroatoms. The molecule has 2 heterocycles. The van der Waals surface area contributed by atoms with E-state index < -0.39 is 42.7 Å². The molecule has 3 aromatic rings. The van der Waals surface area contributed by atoms with Gasteiger partial charge in [-0.1, -0.05) is 0 Å². The first-order chi connectivity index (χ1) is 15.3. The number of aliphatic hydroxyl groups is 3. The molecule has 0 bridgehead atoms. The molecule has 32 heavy (non-hydrogen) atoms. The van der Waals surface area contributed by atoms with Crippen LogP contribution in [0, 0.1) is 6.92 Å². The fourth-order valence-corrected chi connectivity index (χ4v) is 3.99. The van der Waals surface area contributed by atoms with Crippen LogP contribution in [0.3, 0.4) is 0 Å². The molecule has 1 aliphatic heterocycles. The first-order valence-corrected chi connectivity index (χ1v) is 9.89. The Morgan fingerprint density at radius 3 is 2.47 bits per heavy atom. The summed E-state index contributed by atoms with van der Waals surface area (Å²) in [5.74, 6) is 0.405. The fourth-order valence-electron chi connectivity index (χ4n) is 3.99. The van der Waals surface area contributed by atoms with E-state index in [1.165, 1.54) is 26.4 Å². The normalized spacial score (nSPS) is 25.9. The van der Waals surface area contributed by atoms with Gasteiger partial charge in [0.25, 0.3) is 0 Å². The Bertz CT molecular complexity index is 1200. The third-order valence-corrected chi connectivity index (χ3v) is 5.54. The van der Waals surface area contributed by atoms with Crippen LogP contribution in [0.25, 0.3) is 21.7 Å². The SMILES string of the molecule is COc1cc(O[C@H]2O[C@H](CO)[C@@H](OC)[C@H](O)[C@H]2O)c2c(O)c3c(=O)cc(C)oc3cc2c1. The van der Waals surface area contributed by atoms with Crippen LogP contribution < -0.4 is 14.9 Å². The summed E-state index contributed by atoms with van der Waals surface area (Å²) in [6, 6.07) is 5.90. The monoisotopic (exact) mass is 448 g/mol. The van der Waals surface area contributed by atoms with Gasteiger partial charge in [0, 0.05) is 19.2 Å². The van der Waals surface area contributed by atoms with Crippen LogP contribution in [0.15, 0.2) is 33.5 Å². The van der Waals surface area contributed by atoms with E-state index in [0.717, 1.165) is 0 Å². The zero-order valence-electron chi connectivity index (χ0n) is 17.6. The van der Waals surface area contributed by atoms with Crippen LogP contribution in [0.2, 0.25) is 0 Å². The van der Waals surface area contributed by atoms with Crippen LogP contribution in [0.1, 0.15) is 5.76 Å². The van der Waals surface area contributed by atoms with Crippen molar-refractivity contribution >= 4 is 21.7 Å². The van der Waals surface area contributed by atoms with Crippen molar-refractivity contribution in [2.45, 2.75) is 37.6 Å². The second-order valence-corrected chi connectivity index (χ2v) is 7.57. The molecule has 1 aliphatic rings. The van der Waals surface area contributed by atoms with E-state index >= 15 is 0 Å². The number of phenolic OH excluding ortho intramolecular Hbond substituents is 1. The van der Waals surface area contributed by atoms with Crippen molar-refractivity contribution in [3.8, 4) is 17.2 Å². The highest BCUT2D eigenvalue weighted by Crippen LogP contribution is 2.42. The minimum absolute atomic E-state index is 0.0301. The molecule has 0 amide bonds. The highest BCUT2D eigenvalue weighted by Gasteiger charge is 2.46. The number of phenols is 1. The Hall–Kier alpha value is -2.89. The highest BCUT2D eigenvalue weighted by atomic mass is 16.7. The number of aliphatic hydroxyl groups excluding tert-OH is 3. The number of aryl methyl sites for hydroxylation is 1. The third kappa shape index (κ3) is 3.65. The molecule has 0 radical (unpaired) electrons. The highest BCUT2D eigenvalue weighted by molar-refractivity contribution is 6.06. The summed E-state index contributed by atoms with van der Waals surface area (Å²) >= 11 is 0. The molecular formula is C22H24O10. The number of methoxy groups -OCH3 is 2. The molecule has 2 aromatic carbocycles. The van der Waals surface area contributed by atoms with E-state index in [1.807, 2.05) is 0 Å². The molecule has 0 spiro atoms. The number of benzene rings is 2. The molecule has 4 N–H and O–H groups in total. The quantitative estimate of drug-likeness (QED) is 0.413. The van der Waals surface area contributed by atoms with Crippen molar-refractivity contribution < 1.29 is 43.8 Å². The van der Waals surface area contributed by atoms with Gasteiger partial charge < -0.3 is 43.8 Å². The van der Waals surface area contributed by atoms with Crippen LogP contribution >= 0.6 is 0 Å². The smallest absolute Gasteiger partial charge is 0.229 e. The van der Waals surface area contributed by atoms with E-state index in [9.17, 15) is 25.2 Å². The van der Waals surface area contributed by atoms with E-state index in [4.69, 9.17) is 23.4 Å². The number of rotatable bonds is 5. The Morgan fingerprint density at radius 2 is 1.81 bits per heavy atom. The largest absolute Gasteiger partial charge is 0.506 e. The maximum atomic E-state index is 12.5. The van der Waals surface area contributed by atoms with Crippen LogP contribution in [0.4, 0.5) is 0 Å². The Kier molecular flexibility index (Phi) is 5.97. The standard InChI is InChI=1S/C22H24O10/c1-9-4-12(24)17-13(30-9)6-10-5-11(28-2)7-14(16(10)18(17)25)31-22-20(27)19(26)21(29-3)15(8-23)32-22/h4-7,15,19-23,25-27H,8H2,1-3H3/t15-,19-,20-,21-,22+/m1/s1. The van der Waals surface area contributed by atoms with Crippen LogP contribution in [0.5, 0.6) is 17.2 Å². The van der Waals surface area contributed by atoms with Gasteiger partial charge in [0.2, 0.25) is 6.29 Å². The summed E-state index contributed by atoms with van der Waals surface area (Å²) in [6.45, 7) is 1.14. The van der Waals surface area contributed by atoms with Crippen molar-refractivity contribution in [1.82, 2.24) is 0 Å². The molecule has 1 saturated heterocycles. The van der Waals surface area contributed by atoms with Crippen LogP contribution in [-0.4, -0.2) is 72.0 Å². The fraction of sp³-hybridized carbons (Fsp3) is 0.409. The van der Waals surface area contributed by atoms with Crippen LogP contribution in [-0.2, 0) is 9.47 Å². The lowest BCUT2D eigenvalue weighted by molar-refractivity contribution is -0.281. The molecule has 0 saturated carbocycles. The third-order valence-electron chi connectivity index (χ3n) is 5.54. The molecule has 5 atom stereocenters. The first-order valence-electron chi connectivity index (χ1n) is 9.89. The van der Waals surface area contributed by atoms with E-state index in [1.54, 1.807) is 19.1 Å². The predicted octanol–water partition coefficient (Wildman–Crippen LogP) is 0.802. The van der Waals surface area contributed by atoms with Gasteiger partial charge in [0.15, 0.2) is 5.43 Å². The maximum Gasteiger partial charge on any atom is 0.229 e. The van der Waals surface area contributed by atoms with E-state index in [0.29, 0.717) is 16.9 Å². The van der Waals surface area contributed by atoms with Crippen molar-refractivity contribution in [2.24, 2.45) is 0 Å². The van der Waals surface area contributed by atoms with Crippen molar-refractivity contribution in [3.63, 3.8) is 0 Å². The van der Waals surface area contributed by atoms with Crippen molar-refractivity contribution in [1.29, 1.82) is 0 Å². The molecule has 1 fully saturated rings. The Labute approximate surface area is 182 Å². The van der Waals surface area contributed by atoms with Gasteiger partial charge >= 0.3 is 0 Å². The summed E-state index contributed by atoms with van der Waals surface area (Å²) in [6.07, 6.45) is -6.28. The molecule has 10 nitrogen and oxygen atoms in total. The molecular weight excluding hydrogens is 424 g/mol. The van der Waals surface area contributed by atoms with Gasteiger partial charge in [0.05, 0.1) is 19.1 Å². The number of aromatic hydroxyl groups is 1. The molecule has 172 valence electrons. The van der Waals surface area contributed by atoms with Gasteiger partial charge in [-0.25, -0.2) is 0 Å². The van der Waals surface area contributed by atoms with Gasteiger partial charge in [-0.15, -0.1) is 0 Å². The Balaban J connectivity index is 1.86. The second kappa shape index (κ2) is 8.57. The summed E-state index contributed by atoms with van der Waals surface area (Å²) in [4.78, 5) is 12.5. The van der Waals surface area contributed by atoms with E-state index in [2.05, 4.69) is 0 Å². The van der Waals surface area contributed by atoms with Crippen molar-refractivity contribution in [3.05, 3.63) is 40.2 Å². The first kappa shape index (κ1) is 22.3. The maximum absolute atomic E-state index is 12.5. The molecule has 1 aromatic heterocycles. The summed E-state index contributed by atoms with van der Waals surface area (Å²) in [5.41, 5.74) is -0.246. The van der Waals surface area contributed by atoms with Gasteiger partial charge in [-0.2, -0.15) is 0 Å². The topological polar surface area (TPSA) is 148 Å². The zero-order valence-corrected chi connectivity index (χ0v) is 17.6. The predicted molar refractivity (Wildman–Crippen MR) is 112 cm³/mol. The summed E-state index contributed by atoms with van der Waals surface area (Å²) in [7, 11) is 2.76. The number of hydrogen-bond donors (Lipinski definition) is 4. The average molecular weight is 448 g/mol. The lowest BCUT2D eigenvalue weighted by atomic mass is 9.99. The molecule has 0 aliphatic carbocycles. The number of hydrogen-bond acceptors (Lipinski definition) is 10. The summed E-state index contributed by atoms with van der Waals surface area (Å²) < 4.78 is 27.5. The minimum atomic E-state index is -1.53. The van der Waals surface area contributed by atoms with Gasteiger partial charge in [-0.05, 0) is 24.4 Å². The Morgan fingerprint density at radius 1 is 1.06 bits per heavy atom. The van der Waals surface area contributed by atoms with Gasteiger partial charge in [0.1, 0.15) is 58.4 Å². The van der Waals surface area contributed by atoms with Crippen molar-refractivity contribution in [2.75, 3.05) is 20.8 Å². The lowest BCUT2D eigenvalue weighted by Gasteiger charge is -2.41. The minimum Gasteiger partial charge on any atom is -0.506 e. The zero-order chi connectivity index (χ0) is 23.2. The second-order valence-electron chi connectivity index (χ2n) is 7.57. The average Bonchev–Trinajstić information content (AvgIpc) is 2.75.